The lowest BCUT2D eigenvalue weighted by Crippen LogP contribution is -1.87. The molecule has 0 spiro atoms. The topological polar surface area (TPSA) is 0 Å². The summed E-state index contributed by atoms with van der Waals surface area (Å²) in [5, 5.41) is 0. The van der Waals surface area contributed by atoms with Crippen molar-refractivity contribution in [1.82, 2.24) is 0 Å². The second kappa shape index (κ2) is 11.5. The van der Waals surface area contributed by atoms with E-state index in [0.29, 0.717) is 0 Å². The van der Waals surface area contributed by atoms with Gasteiger partial charge in [-0.25, -0.2) is 0 Å². The molecule has 0 aromatic carbocycles. The first-order chi connectivity index (χ1) is 11.3. The molecule has 0 saturated heterocycles. The Labute approximate surface area is 147 Å². The smallest absolute Gasteiger partial charge is 0.0383 e. The predicted molar refractivity (Wildman–Crippen MR) is 104 cm³/mol. The van der Waals surface area contributed by atoms with Crippen LogP contribution in [0.25, 0.3) is 0 Å². The van der Waals surface area contributed by atoms with Gasteiger partial charge in [0.25, 0.3) is 0 Å². The maximum absolute atomic E-state index is 2.34. The summed E-state index contributed by atoms with van der Waals surface area (Å²) in [5.74, 6) is 4.55. The van der Waals surface area contributed by atoms with E-state index < -0.39 is 0 Å². The van der Waals surface area contributed by atoms with E-state index in [4.69, 9.17) is 0 Å². The third kappa shape index (κ3) is 8.59. The van der Waals surface area contributed by atoms with Crippen molar-refractivity contribution in [3.05, 3.63) is 0 Å². The van der Waals surface area contributed by atoms with Crippen LogP contribution in [0.5, 0.6) is 0 Å². The highest BCUT2D eigenvalue weighted by atomic mass is 14.4. The van der Waals surface area contributed by atoms with Crippen molar-refractivity contribution < 1.29 is 0 Å². The number of rotatable bonds is 16. The van der Waals surface area contributed by atoms with Crippen LogP contribution in [0.4, 0.5) is 0 Å². The van der Waals surface area contributed by atoms with Gasteiger partial charge in [-0.1, -0.05) is 110 Å². The molecule has 2 aliphatic carbocycles. The maximum Gasteiger partial charge on any atom is -0.0383 e. The lowest BCUT2D eigenvalue weighted by atomic mass is 10.0. The second-order valence-electron chi connectivity index (χ2n) is 8.85. The minimum absolute atomic E-state index is 1.13. The van der Waals surface area contributed by atoms with Crippen molar-refractivity contribution in [3.8, 4) is 0 Å². The van der Waals surface area contributed by atoms with Crippen LogP contribution in [-0.2, 0) is 0 Å². The molecule has 2 saturated carbocycles. The Balaban J connectivity index is 1.27. The van der Waals surface area contributed by atoms with Gasteiger partial charge < -0.3 is 0 Å². The molecule has 0 radical (unpaired) electrons. The highest BCUT2D eigenvalue weighted by Crippen LogP contribution is 2.46. The van der Waals surface area contributed by atoms with E-state index in [-0.39, 0.29) is 0 Å². The monoisotopic (exact) mass is 320 g/mol. The summed E-state index contributed by atoms with van der Waals surface area (Å²) in [6.45, 7) is 4.65. The van der Waals surface area contributed by atoms with Gasteiger partial charge in [0.2, 0.25) is 0 Å². The summed E-state index contributed by atoms with van der Waals surface area (Å²) in [6, 6.07) is 0. The summed E-state index contributed by atoms with van der Waals surface area (Å²) in [5.41, 5.74) is 0. The fourth-order valence-corrected chi connectivity index (χ4v) is 4.76. The molecular formula is C23H44. The van der Waals surface area contributed by atoms with Gasteiger partial charge >= 0.3 is 0 Å². The molecule has 2 fully saturated rings. The highest BCUT2D eigenvalue weighted by Gasteiger charge is 2.35. The van der Waals surface area contributed by atoms with Gasteiger partial charge in [0.05, 0.1) is 0 Å². The van der Waals surface area contributed by atoms with E-state index in [1.54, 1.807) is 32.1 Å². The molecular weight excluding hydrogens is 276 g/mol. The van der Waals surface area contributed by atoms with Gasteiger partial charge in [0.15, 0.2) is 0 Å². The van der Waals surface area contributed by atoms with Crippen LogP contribution < -0.4 is 0 Å². The molecule has 0 heteroatoms. The molecule has 0 heterocycles. The third-order valence-electron chi connectivity index (χ3n) is 6.63. The molecule has 4 unspecified atom stereocenters. The van der Waals surface area contributed by atoms with Crippen LogP contribution in [0.15, 0.2) is 0 Å². The maximum atomic E-state index is 2.34. The Morgan fingerprint density at radius 1 is 0.435 bits per heavy atom. The van der Waals surface area contributed by atoms with Crippen LogP contribution in [-0.4, -0.2) is 0 Å². The first kappa shape index (κ1) is 19.3. The third-order valence-corrected chi connectivity index (χ3v) is 6.63. The van der Waals surface area contributed by atoms with Crippen LogP contribution in [0, 0.1) is 23.7 Å². The molecule has 0 N–H and O–H groups in total. The molecule has 23 heavy (non-hydrogen) atoms. The van der Waals surface area contributed by atoms with Gasteiger partial charge in [-0.3, -0.25) is 0 Å². The first-order valence-corrected chi connectivity index (χ1v) is 11.3. The van der Waals surface area contributed by atoms with E-state index in [1.807, 2.05) is 0 Å². The molecule has 0 aromatic rings. The molecule has 0 amide bonds. The van der Waals surface area contributed by atoms with Gasteiger partial charge in [0, 0.05) is 0 Å². The summed E-state index contributed by atoms with van der Waals surface area (Å²) in [6.07, 6.45) is 25.6. The van der Waals surface area contributed by atoms with Crippen molar-refractivity contribution in [2.75, 3.05) is 0 Å². The predicted octanol–water partition coefficient (Wildman–Crippen LogP) is 8.15. The summed E-state index contributed by atoms with van der Waals surface area (Å²) in [4.78, 5) is 0. The van der Waals surface area contributed by atoms with E-state index in [9.17, 15) is 0 Å². The lowest BCUT2D eigenvalue weighted by molar-refractivity contribution is 0.507. The lowest BCUT2D eigenvalue weighted by Gasteiger charge is -2.03. The van der Waals surface area contributed by atoms with Crippen molar-refractivity contribution in [2.24, 2.45) is 23.7 Å². The summed E-state index contributed by atoms with van der Waals surface area (Å²) >= 11 is 0. The fraction of sp³-hybridized carbons (Fsp3) is 1.00. The van der Waals surface area contributed by atoms with E-state index in [2.05, 4.69) is 13.8 Å². The molecule has 0 aliphatic heterocycles. The zero-order valence-electron chi connectivity index (χ0n) is 16.3. The largest absolute Gasteiger partial charge is 0.0654 e. The Kier molecular flexibility index (Phi) is 9.69. The summed E-state index contributed by atoms with van der Waals surface area (Å²) < 4.78 is 0. The first-order valence-electron chi connectivity index (χ1n) is 11.3. The van der Waals surface area contributed by atoms with Crippen molar-refractivity contribution in [3.63, 3.8) is 0 Å². The highest BCUT2D eigenvalue weighted by molar-refractivity contribution is 4.86. The minimum atomic E-state index is 1.13. The quantitative estimate of drug-likeness (QED) is 0.252. The van der Waals surface area contributed by atoms with Gasteiger partial charge in [-0.05, 0) is 36.5 Å². The normalized spacial score (nSPS) is 29.0. The standard InChI is InChI=1S/C23H44/c1-3-5-6-11-15-22-19-23(22)17-13-10-8-7-9-12-16-21-18-20(21)14-4-2/h20-23H,3-19H2,1-2H3. The minimum Gasteiger partial charge on any atom is -0.0654 e. The van der Waals surface area contributed by atoms with Crippen LogP contribution in [0.2, 0.25) is 0 Å². The molecule has 0 aromatic heterocycles. The van der Waals surface area contributed by atoms with Crippen LogP contribution in [0.3, 0.4) is 0 Å². The zero-order chi connectivity index (χ0) is 16.3. The Hall–Kier alpha value is 0. The van der Waals surface area contributed by atoms with Gasteiger partial charge in [0.1, 0.15) is 0 Å². The number of hydrogen-bond donors (Lipinski definition) is 0. The van der Waals surface area contributed by atoms with Crippen LogP contribution >= 0.6 is 0 Å². The molecule has 2 rings (SSSR count). The average Bonchev–Trinajstić information content (AvgIpc) is 3.45. The fourth-order valence-electron chi connectivity index (χ4n) is 4.76. The van der Waals surface area contributed by atoms with E-state index in [1.165, 1.54) is 77.0 Å². The Morgan fingerprint density at radius 3 is 1.26 bits per heavy atom. The van der Waals surface area contributed by atoms with Gasteiger partial charge in [-0.15, -0.1) is 0 Å². The van der Waals surface area contributed by atoms with E-state index in [0.717, 1.165) is 23.7 Å². The van der Waals surface area contributed by atoms with Crippen LogP contribution in [0.1, 0.15) is 123 Å². The summed E-state index contributed by atoms with van der Waals surface area (Å²) in [7, 11) is 0. The molecule has 4 atom stereocenters. The Morgan fingerprint density at radius 2 is 0.826 bits per heavy atom. The molecule has 2 aliphatic rings. The number of hydrogen-bond acceptors (Lipinski definition) is 0. The van der Waals surface area contributed by atoms with E-state index >= 15 is 0 Å². The SMILES string of the molecule is CCCCCCC1CC1CCCCCCCCC1CC1CCC. The molecule has 0 bridgehead atoms. The zero-order valence-corrected chi connectivity index (χ0v) is 16.3. The molecule has 136 valence electrons. The van der Waals surface area contributed by atoms with Gasteiger partial charge in [-0.2, -0.15) is 0 Å². The average molecular weight is 321 g/mol. The molecule has 0 nitrogen and oxygen atoms in total. The van der Waals surface area contributed by atoms with Crippen molar-refractivity contribution in [2.45, 2.75) is 123 Å². The number of unbranched alkanes of at least 4 members (excludes halogenated alkanes) is 8. The Bertz CT molecular complexity index is 282. The second-order valence-corrected chi connectivity index (χ2v) is 8.85. The van der Waals surface area contributed by atoms with Crippen molar-refractivity contribution >= 4 is 0 Å². The van der Waals surface area contributed by atoms with Crippen molar-refractivity contribution in [1.29, 1.82) is 0 Å².